The zero-order chi connectivity index (χ0) is 30.9. The number of aliphatic carboxylic acids is 1. The number of carbonyl (C=O) groups excluding carboxylic acids is 5. The molecule has 3 unspecified atom stereocenters. The second kappa shape index (κ2) is 15.4. The van der Waals surface area contributed by atoms with Crippen LogP contribution in [0.2, 0.25) is 0 Å². The van der Waals surface area contributed by atoms with Crippen LogP contribution in [-0.2, 0) is 24.0 Å². The fraction of sp³-hybridized carbons (Fsp3) is 0.654. The van der Waals surface area contributed by atoms with Gasteiger partial charge in [0.25, 0.3) is 5.91 Å². The van der Waals surface area contributed by atoms with Crippen molar-refractivity contribution in [1.29, 1.82) is 0 Å². The van der Waals surface area contributed by atoms with Crippen LogP contribution in [0.1, 0.15) is 70.3 Å². The molecule has 1 aromatic heterocycles. The fourth-order valence-corrected chi connectivity index (χ4v) is 5.08. The highest BCUT2D eigenvalue weighted by Crippen LogP contribution is 2.19. The van der Waals surface area contributed by atoms with E-state index in [1.807, 2.05) is 25.8 Å². The summed E-state index contributed by atoms with van der Waals surface area (Å²) in [5, 5.41) is 21.0. The number of nitrogens with zero attached hydrogens (tertiary/aromatic N) is 2. The summed E-state index contributed by atoms with van der Waals surface area (Å²) in [4.78, 5) is 80.4. The molecule has 228 valence electrons. The van der Waals surface area contributed by atoms with Gasteiger partial charge in [-0.2, -0.15) is 0 Å². The molecule has 15 heteroatoms. The molecule has 0 saturated carbocycles. The van der Waals surface area contributed by atoms with E-state index in [1.54, 1.807) is 13.8 Å². The van der Waals surface area contributed by atoms with Gasteiger partial charge in [-0.1, -0.05) is 40.5 Å². The van der Waals surface area contributed by atoms with Crippen LogP contribution in [0.15, 0.2) is 5.38 Å². The third-order valence-corrected chi connectivity index (χ3v) is 7.85. The number of nitrogens with two attached hydrogens (primary N) is 1. The van der Waals surface area contributed by atoms with E-state index in [1.165, 1.54) is 5.38 Å². The van der Waals surface area contributed by atoms with Gasteiger partial charge in [0.05, 0.1) is 12.5 Å². The maximum absolute atomic E-state index is 13.4. The highest BCUT2D eigenvalue weighted by atomic mass is 32.1. The standard InChI is InChI=1S/C26H41N7O7S/c1-6-14(4)20(31-22(36)17-9-7-8-10-33(17)5)24(38)30-19(13(2)3)23(37)32-26-29-16(12-41-26)21(35)28-15(25(39)40)11-18(27)34/h12-15,17,19-20H,6-11H2,1-5H3,(H2,27,34)(H,28,35)(H,30,38)(H,31,36)(H,39,40)(H,29,32,37)/t14?,15?,17?,19-,20-/m0/s1. The van der Waals surface area contributed by atoms with Crippen LogP contribution in [0.3, 0.4) is 0 Å². The van der Waals surface area contributed by atoms with Gasteiger partial charge >= 0.3 is 5.97 Å². The van der Waals surface area contributed by atoms with Crippen LogP contribution < -0.4 is 27.0 Å². The third kappa shape index (κ3) is 9.78. The topological polar surface area (TPSA) is 213 Å². The fourth-order valence-electron chi connectivity index (χ4n) is 4.39. The third-order valence-electron chi connectivity index (χ3n) is 7.09. The molecule has 0 spiro atoms. The summed E-state index contributed by atoms with van der Waals surface area (Å²) in [7, 11) is 1.89. The Kier molecular flexibility index (Phi) is 12.6. The number of rotatable bonds is 14. The van der Waals surface area contributed by atoms with E-state index >= 15 is 0 Å². The summed E-state index contributed by atoms with van der Waals surface area (Å²) in [5.41, 5.74) is 4.86. The SMILES string of the molecule is CCC(C)[C@H](NC(=O)C1CCCCN1C)C(=O)N[C@H](C(=O)Nc1nc(C(=O)NC(CC(N)=O)C(=O)O)cs1)C(C)C. The molecule has 1 aliphatic heterocycles. The smallest absolute Gasteiger partial charge is 0.326 e. The summed E-state index contributed by atoms with van der Waals surface area (Å²) in [6, 6.07) is -3.66. The molecule has 2 heterocycles. The second-order valence-electron chi connectivity index (χ2n) is 10.7. The molecule has 1 aromatic rings. The lowest BCUT2D eigenvalue weighted by atomic mass is 9.95. The quantitative estimate of drug-likeness (QED) is 0.174. The normalized spacial score (nSPS) is 18.4. The molecular weight excluding hydrogens is 554 g/mol. The first-order valence-electron chi connectivity index (χ1n) is 13.6. The van der Waals surface area contributed by atoms with Crippen LogP contribution >= 0.6 is 11.3 Å². The number of thiazole rings is 1. The van der Waals surface area contributed by atoms with Crippen LogP contribution in [-0.4, -0.2) is 88.3 Å². The average Bonchev–Trinajstić information content (AvgIpc) is 3.37. The molecule has 0 aromatic carbocycles. The molecule has 1 fully saturated rings. The van der Waals surface area contributed by atoms with Crippen LogP contribution in [0.25, 0.3) is 0 Å². The molecular formula is C26H41N7O7S. The number of hydrogen-bond donors (Lipinski definition) is 6. The van der Waals surface area contributed by atoms with Gasteiger partial charge in [0.15, 0.2) is 5.13 Å². The zero-order valence-electron chi connectivity index (χ0n) is 24.1. The average molecular weight is 596 g/mol. The number of likely N-dealkylation sites (N-methyl/N-ethyl adjacent to an activating group) is 1. The lowest BCUT2D eigenvalue weighted by molar-refractivity contribution is -0.141. The number of piperidine rings is 1. The van der Waals surface area contributed by atoms with Crippen LogP contribution in [0.5, 0.6) is 0 Å². The second-order valence-corrected chi connectivity index (χ2v) is 11.5. The predicted molar refractivity (Wildman–Crippen MR) is 152 cm³/mol. The first-order chi connectivity index (χ1) is 19.2. The van der Waals surface area contributed by atoms with Crippen molar-refractivity contribution in [2.45, 2.75) is 84.0 Å². The number of aromatic nitrogens is 1. The van der Waals surface area contributed by atoms with Gasteiger partial charge in [-0.25, -0.2) is 9.78 Å². The lowest BCUT2D eigenvalue weighted by Gasteiger charge is -2.34. The summed E-state index contributed by atoms with van der Waals surface area (Å²) >= 11 is 0.926. The van der Waals surface area contributed by atoms with Crippen molar-refractivity contribution in [3.05, 3.63) is 11.1 Å². The van der Waals surface area contributed by atoms with Gasteiger partial charge in [0.2, 0.25) is 23.6 Å². The Morgan fingerprint density at radius 1 is 1.07 bits per heavy atom. The molecule has 14 nitrogen and oxygen atoms in total. The van der Waals surface area contributed by atoms with E-state index in [0.29, 0.717) is 12.8 Å². The van der Waals surface area contributed by atoms with Crippen molar-refractivity contribution >= 4 is 52.0 Å². The highest BCUT2D eigenvalue weighted by molar-refractivity contribution is 7.14. The molecule has 1 saturated heterocycles. The number of likely N-dealkylation sites (tertiary alicyclic amines) is 1. The molecule has 0 aliphatic carbocycles. The monoisotopic (exact) mass is 595 g/mol. The minimum Gasteiger partial charge on any atom is -0.480 e. The molecule has 5 atom stereocenters. The molecule has 41 heavy (non-hydrogen) atoms. The number of carbonyl (C=O) groups is 6. The Hall–Kier alpha value is -3.59. The summed E-state index contributed by atoms with van der Waals surface area (Å²) in [6.45, 7) is 8.09. The van der Waals surface area contributed by atoms with Gasteiger partial charge in [-0.15, -0.1) is 11.3 Å². The van der Waals surface area contributed by atoms with E-state index in [9.17, 15) is 33.9 Å². The summed E-state index contributed by atoms with van der Waals surface area (Å²) in [6.07, 6.45) is 2.70. The van der Waals surface area contributed by atoms with Gasteiger partial charge < -0.3 is 32.1 Å². The van der Waals surface area contributed by atoms with Gasteiger partial charge in [0, 0.05) is 5.38 Å². The summed E-state index contributed by atoms with van der Waals surface area (Å²) < 4.78 is 0. The van der Waals surface area contributed by atoms with Crippen molar-refractivity contribution in [2.24, 2.45) is 17.6 Å². The first-order valence-corrected chi connectivity index (χ1v) is 14.5. The minimum absolute atomic E-state index is 0.0499. The number of anilines is 1. The molecule has 5 amide bonds. The van der Waals surface area contributed by atoms with Crippen molar-refractivity contribution in [3.8, 4) is 0 Å². The molecule has 0 bridgehead atoms. The maximum atomic E-state index is 13.4. The van der Waals surface area contributed by atoms with Gasteiger partial charge in [-0.3, -0.25) is 28.9 Å². The number of hydrogen-bond acceptors (Lipinski definition) is 9. The Labute approximate surface area is 243 Å². The van der Waals surface area contributed by atoms with E-state index in [-0.39, 0.29) is 34.6 Å². The maximum Gasteiger partial charge on any atom is 0.326 e. The lowest BCUT2D eigenvalue weighted by Crippen LogP contribution is -2.59. The molecule has 0 radical (unpaired) electrons. The predicted octanol–water partition coefficient (Wildman–Crippen LogP) is 0.296. The molecule has 2 rings (SSSR count). The minimum atomic E-state index is -1.53. The Morgan fingerprint density at radius 2 is 1.76 bits per heavy atom. The highest BCUT2D eigenvalue weighted by Gasteiger charge is 2.34. The van der Waals surface area contributed by atoms with E-state index in [0.717, 1.165) is 30.7 Å². The van der Waals surface area contributed by atoms with Gasteiger partial charge in [-0.05, 0) is 38.3 Å². The molecule has 1 aliphatic rings. The number of primary amides is 1. The Balaban J connectivity index is 2.09. The van der Waals surface area contributed by atoms with Crippen LogP contribution in [0, 0.1) is 11.8 Å². The van der Waals surface area contributed by atoms with E-state index < -0.39 is 54.1 Å². The van der Waals surface area contributed by atoms with E-state index in [4.69, 9.17) is 5.73 Å². The number of carboxylic acids is 1. The number of amides is 5. The Bertz CT molecular complexity index is 1130. The summed E-state index contributed by atoms with van der Waals surface area (Å²) in [5.74, 6) is -4.98. The number of carboxylic acid groups (broad SMARTS) is 1. The number of nitrogens with one attached hydrogen (secondary N) is 4. The van der Waals surface area contributed by atoms with Crippen molar-refractivity contribution in [3.63, 3.8) is 0 Å². The first kappa shape index (κ1) is 33.6. The van der Waals surface area contributed by atoms with Crippen LogP contribution in [0.4, 0.5) is 5.13 Å². The van der Waals surface area contributed by atoms with Crippen molar-refractivity contribution in [1.82, 2.24) is 25.8 Å². The van der Waals surface area contributed by atoms with Gasteiger partial charge in [0.1, 0.15) is 23.8 Å². The largest absolute Gasteiger partial charge is 0.480 e. The van der Waals surface area contributed by atoms with Crippen molar-refractivity contribution in [2.75, 3.05) is 18.9 Å². The Morgan fingerprint density at radius 3 is 2.32 bits per heavy atom. The molecule has 7 N–H and O–H groups in total. The zero-order valence-corrected chi connectivity index (χ0v) is 24.9. The van der Waals surface area contributed by atoms with Crippen molar-refractivity contribution < 1.29 is 33.9 Å². The van der Waals surface area contributed by atoms with E-state index in [2.05, 4.69) is 26.3 Å².